The molecule has 8 nitrogen and oxygen atoms in total. The monoisotopic (exact) mass is 422 g/mol. The van der Waals surface area contributed by atoms with Crippen LogP contribution >= 0.6 is 12.4 Å². The van der Waals surface area contributed by atoms with Crippen molar-refractivity contribution in [3.8, 4) is 0 Å². The zero-order valence-electron chi connectivity index (χ0n) is 17.4. The Morgan fingerprint density at radius 1 is 1.14 bits per heavy atom. The fourth-order valence-electron chi connectivity index (χ4n) is 3.79. The van der Waals surface area contributed by atoms with Crippen LogP contribution in [0.15, 0.2) is 30.3 Å². The van der Waals surface area contributed by atoms with Crippen molar-refractivity contribution < 1.29 is 9.53 Å². The summed E-state index contributed by atoms with van der Waals surface area (Å²) >= 11 is 0. The van der Waals surface area contributed by atoms with Gasteiger partial charge in [0.25, 0.3) is 0 Å². The second-order valence-electron chi connectivity index (χ2n) is 7.49. The van der Waals surface area contributed by atoms with E-state index in [1.165, 1.54) is 5.56 Å². The number of rotatable bonds is 8. The Kier molecular flexibility index (Phi) is 9.00. The molecule has 1 atom stereocenters. The number of carbonyl (C=O) groups is 1. The van der Waals surface area contributed by atoms with Gasteiger partial charge in [-0.1, -0.05) is 44.2 Å². The number of tetrazole rings is 1. The number of esters is 1. The molecule has 29 heavy (non-hydrogen) atoms. The highest BCUT2D eigenvalue weighted by atomic mass is 35.5. The number of ether oxygens (including phenoxy) is 1. The summed E-state index contributed by atoms with van der Waals surface area (Å²) in [6, 6.07) is 10.6. The van der Waals surface area contributed by atoms with Crippen LogP contribution in [0.2, 0.25) is 0 Å². The minimum Gasteiger partial charge on any atom is -0.465 e. The first-order valence-corrected chi connectivity index (χ1v) is 10.0. The number of hydrogen-bond donors (Lipinski definition) is 0. The third-order valence-electron chi connectivity index (χ3n) is 5.09. The molecule has 0 amide bonds. The molecule has 2 heterocycles. The standard InChI is InChI=1S/C20H30N6O2.ClH/c1-4-28-18(27)15-26-20(21-22-23-26)19(16(2)3)25-12-10-24(11-13-25)14-17-8-6-5-7-9-17;/h5-9,16,19H,4,10-15H2,1-3H3;1H. The molecule has 1 aromatic carbocycles. The third kappa shape index (κ3) is 6.22. The minimum atomic E-state index is -0.314. The largest absolute Gasteiger partial charge is 0.465 e. The van der Waals surface area contributed by atoms with E-state index in [9.17, 15) is 4.79 Å². The molecular weight excluding hydrogens is 392 g/mol. The van der Waals surface area contributed by atoms with Gasteiger partial charge in [-0.3, -0.25) is 14.6 Å². The lowest BCUT2D eigenvalue weighted by Crippen LogP contribution is -2.48. The number of benzene rings is 1. The summed E-state index contributed by atoms with van der Waals surface area (Å²) in [5, 5.41) is 12.1. The van der Waals surface area contributed by atoms with Gasteiger partial charge in [0, 0.05) is 32.7 Å². The molecule has 0 aliphatic carbocycles. The van der Waals surface area contributed by atoms with Crippen molar-refractivity contribution in [2.24, 2.45) is 5.92 Å². The smallest absolute Gasteiger partial charge is 0.327 e. The van der Waals surface area contributed by atoms with Crippen LogP contribution in [0.25, 0.3) is 0 Å². The molecule has 0 saturated carbocycles. The number of piperazine rings is 1. The fraction of sp³-hybridized carbons (Fsp3) is 0.600. The SMILES string of the molecule is CCOC(=O)Cn1nnnc1C(C(C)C)N1CCN(Cc2ccccc2)CC1.Cl. The number of aromatic nitrogens is 4. The van der Waals surface area contributed by atoms with Crippen LogP contribution in [-0.4, -0.2) is 68.8 Å². The van der Waals surface area contributed by atoms with E-state index in [0.29, 0.717) is 12.5 Å². The molecule has 0 spiro atoms. The lowest BCUT2D eigenvalue weighted by Gasteiger charge is -2.40. The van der Waals surface area contributed by atoms with Crippen LogP contribution in [0.4, 0.5) is 0 Å². The Balaban J connectivity index is 0.00000300. The minimum absolute atomic E-state index is 0. The van der Waals surface area contributed by atoms with Gasteiger partial charge in [0.1, 0.15) is 6.54 Å². The Hall–Kier alpha value is -2.03. The zero-order chi connectivity index (χ0) is 19.9. The van der Waals surface area contributed by atoms with Gasteiger partial charge < -0.3 is 4.74 Å². The molecule has 9 heteroatoms. The predicted octanol–water partition coefficient (Wildman–Crippen LogP) is 2.17. The maximum atomic E-state index is 11.9. The van der Waals surface area contributed by atoms with Crippen LogP contribution in [0.1, 0.15) is 38.2 Å². The summed E-state index contributed by atoms with van der Waals surface area (Å²) in [5.41, 5.74) is 1.34. The van der Waals surface area contributed by atoms with Crippen molar-refractivity contribution in [3.63, 3.8) is 0 Å². The molecule has 0 N–H and O–H groups in total. The van der Waals surface area contributed by atoms with Crippen molar-refractivity contribution in [2.45, 2.75) is 39.9 Å². The fourth-order valence-corrected chi connectivity index (χ4v) is 3.79. The van der Waals surface area contributed by atoms with Gasteiger partial charge in [-0.25, -0.2) is 4.68 Å². The molecular formula is C20H31ClN6O2. The molecule has 0 radical (unpaired) electrons. The van der Waals surface area contributed by atoms with Gasteiger partial charge in [0.2, 0.25) is 0 Å². The highest BCUT2D eigenvalue weighted by molar-refractivity contribution is 5.85. The Morgan fingerprint density at radius 2 is 1.83 bits per heavy atom. The molecule has 1 aliphatic rings. The maximum absolute atomic E-state index is 11.9. The van der Waals surface area contributed by atoms with Crippen molar-refractivity contribution in [1.29, 1.82) is 0 Å². The van der Waals surface area contributed by atoms with Crippen LogP contribution in [0.5, 0.6) is 0 Å². The molecule has 1 saturated heterocycles. The molecule has 160 valence electrons. The van der Waals surface area contributed by atoms with E-state index in [1.54, 1.807) is 11.6 Å². The van der Waals surface area contributed by atoms with Crippen LogP contribution in [0.3, 0.4) is 0 Å². The Morgan fingerprint density at radius 3 is 2.45 bits per heavy atom. The van der Waals surface area contributed by atoms with Gasteiger partial charge in [-0.05, 0) is 28.8 Å². The molecule has 1 unspecified atom stereocenters. The Bertz CT molecular complexity index is 746. The number of nitrogens with zero attached hydrogens (tertiary/aromatic N) is 6. The van der Waals surface area contributed by atoms with Crippen molar-refractivity contribution in [1.82, 2.24) is 30.0 Å². The Labute approximate surface area is 178 Å². The number of carbonyl (C=O) groups excluding carboxylic acids is 1. The lowest BCUT2D eigenvalue weighted by molar-refractivity contribution is -0.144. The van der Waals surface area contributed by atoms with E-state index in [4.69, 9.17) is 4.74 Å². The molecule has 1 aliphatic heterocycles. The van der Waals surface area contributed by atoms with Crippen molar-refractivity contribution in [3.05, 3.63) is 41.7 Å². The maximum Gasteiger partial charge on any atom is 0.327 e. The summed E-state index contributed by atoms with van der Waals surface area (Å²) < 4.78 is 6.63. The average molecular weight is 423 g/mol. The first-order chi connectivity index (χ1) is 13.6. The highest BCUT2D eigenvalue weighted by Gasteiger charge is 2.31. The van der Waals surface area contributed by atoms with Crippen LogP contribution in [-0.2, 0) is 22.6 Å². The van der Waals surface area contributed by atoms with Gasteiger partial charge in [-0.2, -0.15) is 0 Å². The van der Waals surface area contributed by atoms with E-state index in [-0.39, 0.29) is 31.0 Å². The van der Waals surface area contributed by atoms with Crippen LogP contribution < -0.4 is 0 Å². The first kappa shape index (κ1) is 23.3. The summed E-state index contributed by atoms with van der Waals surface area (Å²) in [7, 11) is 0. The molecule has 1 fully saturated rings. The van der Waals surface area contributed by atoms with Crippen molar-refractivity contribution in [2.75, 3.05) is 32.8 Å². The number of hydrogen-bond acceptors (Lipinski definition) is 7. The lowest BCUT2D eigenvalue weighted by atomic mass is 10.0. The summed E-state index contributed by atoms with van der Waals surface area (Å²) in [6.45, 7) is 11.4. The molecule has 3 rings (SSSR count). The van der Waals surface area contributed by atoms with E-state index < -0.39 is 0 Å². The highest BCUT2D eigenvalue weighted by Crippen LogP contribution is 2.28. The van der Waals surface area contributed by atoms with Crippen molar-refractivity contribution >= 4 is 18.4 Å². The van der Waals surface area contributed by atoms with E-state index in [2.05, 4.69) is 69.5 Å². The zero-order valence-corrected chi connectivity index (χ0v) is 18.2. The summed E-state index contributed by atoms with van der Waals surface area (Å²) in [5.74, 6) is 0.749. The first-order valence-electron chi connectivity index (χ1n) is 10.0. The average Bonchev–Trinajstić information content (AvgIpc) is 3.11. The summed E-state index contributed by atoms with van der Waals surface area (Å²) in [4.78, 5) is 16.8. The topological polar surface area (TPSA) is 76.4 Å². The number of halogens is 1. The van der Waals surface area contributed by atoms with E-state index in [1.807, 2.05) is 0 Å². The van der Waals surface area contributed by atoms with E-state index >= 15 is 0 Å². The van der Waals surface area contributed by atoms with Gasteiger partial charge in [-0.15, -0.1) is 17.5 Å². The second kappa shape index (κ2) is 11.2. The third-order valence-corrected chi connectivity index (χ3v) is 5.09. The molecule has 1 aromatic heterocycles. The second-order valence-corrected chi connectivity index (χ2v) is 7.49. The normalized spacial score (nSPS) is 16.4. The predicted molar refractivity (Wildman–Crippen MR) is 113 cm³/mol. The van der Waals surface area contributed by atoms with Gasteiger partial charge >= 0.3 is 5.97 Å². The van der Waals surface area contributed by atoms with E-state index in [0.717, 1.165) is 38.5 Å². The quantitative estimate of drug-likeness (QED) is 0.603. The van der Waals surface area contributed by atoms with Crippen LogP contribution in [0, 0.1) is 5.92 Å². The summed E-state index contributed by atoms with van der Waals surface area (Å²) in [6.07, 6.45) is 0. The van der Waals surface area contributed by atoms with Gasteiger partial charge in [0.15, 0.2) is 5.82 Å². The van der Waals surface area contributed by atoms with Gasteiger partial charge in [0.05, 0.1) is 12.6 Å². The molecule has 2 aromatic rings. The molecule has 0 bridgehead atoms.